The summed E-state index contributed by atoms with van der Waals surface area (Å²) in [7, 11) is 0. The first-order valence-electron chi connectivity index (χ1n) is 3.60. The summed E-state index contributed by atoms with van der Waals surface area (Å²) in [5.74, 6) is -0.514. The molecule has 0 aromatic carbocycles. The molecule has 0 saturated carbocycles. The topological polar surface area (TPSA) is 25.8 Å². The molecule has 0 aliphatic carbocycles. The minimum Gasteiger partial charge on any atom is -0.244 e. The predicted molar refractivity (Wildman–Crippen MR) is 53.4 cm³/mol. The SMILES string of the molecule is CC(C)(C)c1nc(F)cnc1I. The van der Waals surface area contributed by atoms with E-state index < -0.39 is 5.95 Å². The molecule has 1 aromatic rings. The Morgan fingerprint density at radius 1 is 1.42 bits per heavy atom. The zero-order valence-electron chi connectivity index (χ0n) is 7.23. The summed E-state index contributed by atoms with van der Waals surface area (Å²) in [6, 6.07) is 0. The lowest BCUT2D eigenvalue weighted by atomic mass is 9.93. The molecule has 0 saturated heterocycles. The minimum absolute atomic E-state index is 0.147. The van der Waals surface area contributed by atoms with Crippen molar-refractivity contribution in [2.45, 2.75) is 26.2 Å². The molecule has 0 bridgehead atoms. The molecule has 0 aliphatic rings. The van der Waals surface area contributed by atoms with Crippen LogP contribution in [0.1, 0.15) is 26.5 Å². The lowest BCUT2D eigenvalue weighted by Gasteiger charge is -2.17. The van der Waals surface area contributed by atoms with Crippen LogP contribution in [0.4, 0.5) is 4.39 Å². The fourth-order valence-electron chi connectivity index (χ4n) is 0.830. The van der Waals surface area contributed by atoms with Crippen LogP contribution in [0.3, 0.4) is 0 Å². The van der Waals surface area contributed by atoms with Crippen LogP contribution >= 0.6 is 22.6 Å². The molecule has 1 rings (SSSR count). The van der Waals surface area contributed by atoms with E-state index in [2.05, 4.69) is 32.6 Å². The summed E-state index contributed by atoms with van der Waals surface area (Å²) in [5.41, 5.74) is 0.564. The fourth-order valence-corrected chi connectivity index (χ4v) is 1.90. The molecule has 0 N–H and O–H groups in total. The minimum atomic E-state index is -0.514. The molecule has 0 radical (unpaired) electrons. The van der Waals surface area contributed by atoms with Crippen molar-refractivity contribution in [1.82, 2.24) is 9.97 Å². The van der Waals surface area contributed by atoms with E-state index in [1.165, 1.54) is 0 Å². The Bertz CT molecular complexity index is 294. The largest absolute Gasteiger partial charge is 0.244 e. The third-order valence-electron chi connectivity index (χ3n) is 1.41. The van der Waals surface area contributed by atoms with E-state index in [1.807, 2.05) is 20.8 Å². The number of halogens is 2. The smallest absolute Gasteiger partial charge is 0.231 e. The summed E-state index contributed by atoms with van der Waals surface area (Å²) in [4.78, 5) is 7.70. The van der Waals surface area contributed by atoms with Gasteiger partial charge in [-0.2, -0.15) is 4.39 Å². The summed E-state index contributed by atoms with van der Waals surface area (Å²) in [6.45, 7) is 5.95. The van der Waals surface area contributed by atoms with Crippen LogP contribution in [-0.4, -0.2) is 9.97 Å². The third kappa shape index (κ3) is 2.12. The first-order chi connectivity index (χ1) is 5.41. The van der Waals surface area contributed by atoms with E-state index in [9.17, 15) is 4.39 Å². The van der Waals surface area contributed by atoms with E-state index >= 15 is 0 Å². The maximum atomic E-state index is 12.7. The summed E-state index contributed by atoms with van der Waals surface area (Å²) >= 11 is 2.06. The van der Waals surface area contributed by atoms with E-state index in [-0.39, 0.29) is 5.41 Å². The number of nitrogens with zero attached hydrogens (tertiary/aromatic N) is 2. The van der Waals surface area contributed by atoms with E-state index in [0.29, 0.717) is 5.69 Å². The normalized spacial score (nSPS) is 11.8. The van der Waals surface area contributed by atoms with Crippen LogP contribution in [0.15, 0.2) is 6.20 Å². The number of hydrogen-bond acceptors (Lipinski definition) is 2. The van der Waals surface area contributed by atoms with Gasteiger partial charge in [-0.1, -0.05) is 20.8 Å². The van der Waals surface area contributed by atoms with Crippen LogP contribution in [0.25, 0.3) is 0 Å². The Balaban J connectivity index is 3.23. The molecular formula is C8H10FIN2. The Morgan fingerprint density at radius 2 is 2.00 bits per heavy atom. The zero-order chi connectivity index (χ0) is 9.35. The molecule has 1 heterocycles. The van der Waals surface area contributed by atoms with Gasteiger partial charge in [-0.3, -0.25) is 0 Å². The molecule has 0 aliphatic heterocycles. The van der Waals surface area contributed by atoms with Gasteiger partial charge in [0.1, 0.15) is 3.70 Å². The molecule has 0 unspecified atom stereocenters. The van der Waals surface area contributed by atoms with Crippen LogP contribution in [-0.2, 0) is 5.41 Å². The van der Waals surface area contributed by atoms with E-state index in [4.69, 9.17) is 0 Å². The Hall–Kier alpha value is -0.260. The Morgan fingerprint density at radius 3 is 2.42 bits per heavy atom. The second kappa shape index (κ2) is 3.24. The lowest BCUT2D eigenvalue weighted by molar-refractivity contribution is 0.511. The maximum absolute atomic E-state index is 12.7. The van der Waals surface area contributed by atoms with Gasteiger partial charge >= 0.3 is 0 Å². The van der Waals surface area contributed by atoms with Gasteiger partial charge in [-0.25, -0.2) is 9.97 Å². The molecule has 0 spiro atoms. The highest BCUT2D eigenvalue weighted by Crippen LogP contribution is 2.23. The summed E-state index contributed by atoms with van der Waals surface area (Å²) in [5, 5.41) is 0. The van der Waals surface area contributed by atoms with E-state index in [0.717, 1.165) is 9.90 Å². The van der Waals surface area contributed by atoms with Crippen LogP contribution in [0.5, 0.6) is 0 Å². The van der Waals surface area contributed by atoms with Crippen molar-refractivity contribution in [3.63, 3.8) is 0 Å². The van der Waals surface area contributed by atoms with Crippen molar-refractivity contribution < 1.29 is 4.39 Å². The monoisotopic (exact) mass is 280 g/mol. The number of hydrogen-bond donors (Lipinski definition) is 0. The van der Waals surface area contributed by atoms with Gasteiger partial charge in [0.2, 0.25) is 5.95 Å². The highest BCUT2D eigenvalue weighted by Gasteiger charge is 2.20. The van der Waals surface area contributed by atoms with Crippen molar-refractivity contribution >= 4 is 22.6 Å². The van der Waals surface area contributed by atoms with Crippen LogP contribution in [0.2, 0.25) is 0 Å². The predicted octanol–water partition coefficient (Wildman–Crippen LogP) is 2.52. The third-order valence-corrected chi connectivity index (χ3v) is 2.20. The highest BCUT2D eigenvalue weighted by atomic mass is 127. The van der Waals surface area contributed by atoms with Crippen molar-refractivity contribution in [1.29, 1.82) is 0 Å². The quantitative estimate of drug-likeness (QED) is 0.682. The average molecular weight is 280 g/mol. The van der Waals surface area contributed by atoms with Crippen LogP contribution < -0.4 is 0 Å². The molecular weight excluding hydrogens is 270 g/mol. The lowest BCUT2D eigenvalue weighted by Crippen LogP contribution is -2.17. The van der Waals surface area contributed by atoms with Crippen molar-refractivity contribution in [2.75, 3.05) is 0 Å². The molecule has 0 atom stereocenters. The van der Waals surface area contributed by atoms with Crippen LogP contribution in [0, 0.1) is 9.65 Å². The average Bonchev–Trinajstić information content (AvgIpc) is 1.92. The van der Waals surface area contributed by atoms with Gasteiger partial charge in [0.15, 0.2) is 0 Å². The summed E-state index contributed by atoms with van der Waals surface area (Å²) in [6.07, 6.45) is 1.14. The van der Waals surface area contributed by atoms with Gasteiger partial charge in [-0.05, 0) is 22.6 Å². The second-order valence-electron chi connectivity index (χ2n) is 3.58. The Labute approximate surface area is 84.8 Å². The van der Waals surface area contributed by atoms with Gasteiger partial charge < -0.3 is 0 Å². The molecule has 4 heteroatoms. The summed E-state index contributed by atoms with van der Waals surface area (Å²) < 4.78 is 13.5. The highest BCUT2D eigenvalue weighted by molar-refractivity contribution is 14.1. The number of aromatic nitrogens is 2. The van der Waals surface area contributed by atoms with Crippen molar-refractivity contribution in [3.05, 3.63) is 21.5 Å². The molecule has 0 amide bonds. The fraction of sp³-hybridized carbons (Fsp3) is 0.500. The van der Waals surface area contributed by atoms with Crippen molar-refractivity contribution in [2.24, 2.45) is 0 Å². The number of rotatable bonds is 0. The standard InChI is InChI=1S/C8H10FIN2/c1-8(2,3)6-7(10)11-4-5(9)12-6/h4H,1-3H3. The molecule has 12 heavy (non-hydrogen) atoms. The second-order valence-corrected chi connectivity index (χ2v) is 4.60. The molecule has 0 fully saturated rings. The zero-order valence-corrected chi connectivity index (χ0v) is 9.39. The molecule has 1 aromatic heterocycles. The first-order valence-corrected chi connectivity index (χ1v) is 4.67. The maximum Gasteiger partial charge on any atom is 0.231 e. The molecule has 66 valence electrons. The van der Waals surface area contributed by atoms with Gasteiger partial charge in [0.25, 0.3) is 0 Å². The Kier molecular flexibility index (Phi) is 2.65. The van der Waals surface area contributed by atoms with Gasteiger partial charge in [0.05, 0.1) is 11.9 Å². The first kappa shape index (κ1) is 9.83. The van der Waals surface area contributed by atoms with Gasteiger partial charge in [-0.15, -0.1) is 0 Å². The van der Waals surface area contributed by atoms with E-state index in [1.54, 1.807) is 0 Å². The van der Waals surface area contributed by atoms with Crippen molar-refractivity contribution in [3.8, 4) is 0 Å². The van der Waals surface area contributed by atoms with Gasteiger partial charge in [0, 0.05) is 5.41 Å². The molecule has 2 nitrogen and oxygen atoms in total.